The topological polar surface area (TPSA) is 29.3 Å². The normalized spacial score (nSPS) is 12.1. The van der Waals surface area contributed by atoms with Gasteiger partial charge in [0.25, 0.3) is 0 Å². The van der Waals surface area contributed by atoms with E-state index in [1.807, 2.05) is 0 Å². The van der Waals surface area contributed by atoms with Gasteiger partial charge in [-0.3, -0.25) is 0 Å². The van der Waals surface area contributed by atoms with Crippen LogP contribution in [0.3, 0.4) is 0 Å². The summed E-state index contributed by atoms with van der Waals surface area (Å²) in [6, 6.07) is 9.04. The van der Waals surface area contributed by atoms with Crippen LogP contribution in [0.4, 0.5) is 0 Å². The molecule has 0 radical (unpaired) electrons. The molecule has 0 spiro atoms. The second-order valence-corrected chi connectivity index (χ2v) is 6.14. The van der Waals surface area contributed by atoms with E-state index in [4.69, 9.17) is 5.73 Å². The Kier molecular flexibility index (Phi) is 5.83. The Labute approximate surface area is 112 Å². The first kappa shape index (κ1) is 15.2. The van der Waals surface area contributed by atoms with E-state index in [-0.39, 0.29) is 5.41 Å². The number of nitrogens with zero attached hydrogens (tertiary/aromatic N) is 1. The van der Waals surface area contributed by atoms with E-state index >= 15 is 0 Å². The molecule has 102 valence electrons. The van der Waals surface area contributed by atoms with E-state index in [1.54, 1.807) is 0 Å². The lowest BCUT2D eigenvalue weighted by molar-refractivity contribution is 0.335. The van der Waals surface area contributed by atoms with Gasteiger partial charge in [-0.1, -0.05) is 45.0 Å². The average molecular weight is 248 g/mol. The van der Waals surface area contributed by atoms with Crippen LogP contribution in [0.1, 0.15) is 38.3 Å². The molecule has 0 heterocycles. The zero-order valence-electron chi connectivity index (χ0n) is 12.4. The summed E-state index contributed by atoms with van der Waals surface area (Å²) in [7, 11) is 2.17. The van der Waals surface area contributed by atoms with Gasteiger partial charge in [0.1, 0.15) is 0 Å². The van der Waals surface area contributed by atoms with Gasteiger partial charge in [-0.2, -0.15) is 0 Å². The summed E-state index contributed by atoms with van der Waals surface area (Å²) >= 11 is 0. The maximum absolute atomic E-state index is 5.51. The number of likely N-dealkylation sites (N-methyl/N-ethyl adjacent to an activating group) is 1. The lowest BCUT2D eigenvalue weighted by Gasteiger charge is -2.20. The third kappa shape index (κ3) is 5.19. The largest absolute Gasteiger partial charge is 0.330 e. The van der Waals surface area contributed by atoms with E-state index in [1.165, 1.54) is 11.1 Å². The van der Waals surface area contributed by atoms with Gasteiger partial charge in [0.15, 0.2) is 0 Å². The molecular formula is C16H28N2. The number of benzene rings is 1. The average Bonchev–Trinajstić information content (AvgIpc) is 2.33. The second kappa shape index (κ2) is 6.91. The van der Waals surface area contributed by atoms with Crippen molar-refractivity contribution in [3.05, 3.63) is 35.4 Å². The summed E-state index contributed by atoms with van der Waals surface area (Å²) < 4.78 is 0. The maximum atomic E-state index is 5.51. The van der Waals surface area contributed by atoms with Crippen LogP contribution in [0.2, 0.25) is 0 Å². The third-order valence-electron chi connectivity index (χ3n) is 3.35. The molecule has 0 unspecified atom stereocenters. The van der Waals surface area contributed by atoms with Crippen LogP contribution in [-0.4, -0.2) is 31.6 Å². The SMILES string of the molecule is CN(CCCN)CCc1ccc(C(C)(C)C)cc1. The Morgan fingerprint density at radius 1 is 1.06 bits per heavy atom. The predicted molar refractivity (Wildman–Crippen MR) is 80.0 cm³/mol. The minimum Gasteiger partial charge on any atom is -0.330 e. The fourth-order valence-corrected chi connectivity index (χ4v) is 1.96. The molecular weight excluding hydrogens is 220 g/mol. The molecule has 1 aromatic carbocycles. The van der Waals surface area contributed by atoms with E-state index in [2.05, 4.69) is 57.0 Å². The van der Waals surface area contributed by atoms with Gasteiger partial charge in [0.2, 0.25) is 0 Å². The van der Waals surface area contributed by atoms with Crippen LogP contribution >= 0.6 is 0 Å². The molecule has 0 saturated heterocycles. The minimum absolute atomic E-state index is 0.246. The van der Waals surface area contributed by atoms with Gasteiger partial charge in [-0.05, 0) is 49.5 Å². The molecule has 1 rings (SSSR count). The van der Waals surface area contributed by atoms with Crippen molar-refractivity contribution in [2.24, 2.45) is 5.73 Å². The van der Waals surface area contributed by atoms with Crippen molar-refractivity contribution in [2.75, 3.05) is 26.7 Å². The van der Waals surface area contributed by atoms with E-state index in [0.717, 1.165) is 32.5 Å². The molecule has 0 fully saturated rings. The van der Waals surface area contributed by atoms with Crippen LogP contribution in [0.15, 0.2) is 24.3 Å². The van der Waals surface area contributed by atoms with Gasteiger partial charge in [-0.15, -0.1) is 0 Å². The maximum Gasteiger partial charge on any atom is 0.00188 e. The summed E-state index contributed by atoms with van der Waals surface area (Å²) in [5, 5.41) is 0. The fraction of sp³-hybridized carbons (Fsp3) is 0.625. The zero-order valence-corrected chi connectivity index (χ0v) is 12.4. The van der Waals surface area contributed by atoms with Crippen molar-refractivity contribution in [1.82, 2.24) is 4.90 Å². The van der Waals surface area contributed by atoms with Gasteiger partial charge >= 0.3 is 0 Å². The van der Waals surface area contributed by atoms with E-state index in [9.17, 15) is 0 Å². The Morgan fingerprint density at radius 3 is 2.17 bits per heavy atom. The van der Waals surface area contributed by atoms with Crippen LogP contribution in [0.5, 0.6) is 0 Å². The molecule has 0 aliphatic rings. The summed E-state index contributed by atoms with van der Waals surface area (Å²) in [5.74, 6) is 0. The van der Waals surface area contributed by atoms with Crippen molar-refractivity contribution in [3.8, 4) is 0 Å². The highest BCUT2D eigenvalue weighted by atomic mass is 15.1. The molecule has 2 nitrogen and oxygen atoms in total. The first-order valence-corrected chi connectivity index (χ1v) is 6.91. The van der Waals surface area contributed by atoms with Crippen LogP contribution < -0.4 is 5.73 Å². The molecule has 0 aromatic heterocycles. The highest BCUT2D eigenvalue weighted by Gasteiger charge is 2.12. The molecule has 18 heavy (non-hydrogen) atoms. The zero-order chi connectivity index (χ0) is 13.6. The Morgan fingerprint density at radius 2 is 1.67 bits per heavy atom. The quantitative estimate of drug-likeness (QED) is 0.839. The molecule has 0 atom stereocenters. The third-order valence-corrected chi connectivity index (χ3v) is 3.35. The summed E-state index contributed by atoms with van der Waals surface area (Å²) in [5.41, 5.74) is 8.59. The van der Waals surface area contributed by atoms with Gasteiger partial charge in [-0.25, -0.2) is 0 Å². The minimum atomic E-state index is 0.246. The van der Waals surface area contributed by atoms with Gasteiger partial charge in [0.05, 0.1) is 0 Å². The highest BCUT2D eigenvalue weighted by molar-refractivity contribution is 5.27. The van der Waals surface area contributed by atoms with Crippen molar-refractivity contribution in [2.45, 2.75) is 39.0 Å². The molecule has 2 heteroatoms. The standard InChI is InChI=1S/C16H28N2/c1-16(2,3)15-8-6-14(7-9-15)10-13-18(4)12-5-11-17/h6-9H,5,10-13,17H2,1-4H3. The van der Waals surface area contributed by atoms with Gasteiger partial charge in [0, 0.05) is 6.54 Å². The molecule has 1 aromatic rings. The molecule has 2 N–H and O–H groups in total. The summed E-state index contributed by atoms with van der Waals surface area (Å²) in [6.07, 6.45) is 2.20. The van der Waals surface area contributed by atoms with Crippen molar-refractivity contribution in [1.29, 1.82) is 0 Å². The van der Waals surface area contributed by atoms with E-state index in [0.29, 0.717) is 0 Å². The lowest BCUT2D eigenvalue weighted by Crippen LogP contribution is -2.24. The summed E-state index contributed by atoms with van der Waals surface area (Å²) in [6.45, 7) is 9.74. The predicted octanol–water partition coefficient (Wildman–Crippen LogP) is 2.81. The number of hydrogen-bond acceptors (Lipinski definition) is 2. The van der Waals surface area contributed by atoms with Crippen molar-refractivity contribution >= 4 is 0 Å². The fourth-order valence-electron chi connectivity index (χ4n) is 1.96. The number of nitrogens with two attached hydrogens (primary N) is 1. The molecule has 0 aliphatic heterocycles. The van der Waals surface area contributed by atoms with Crippen molar-refractivity contribution in [3.63, 3.8) is 0 Å². The number of hydrogen-bond donors (Lipinski definition) is 1. The Balaban J connectivity index is 2.44. The molecule has 0 saturated carbocycles. The first-order valence-electron chi connectivity index (χ1n) is 6.91. The smallest absolute Gasteiger partial charge is 0.00188 e. The molecule has 0 amide bonds. The van der Waals surface area contributed by atoms with Gasteiger partial charge < -0.3 is 10.6 Å². The Hall–Kier alpha value is -0.860. The van der Waals surface area contributed by atoms with Crippen molar-refractivity contribution < 1.29 is 0 Å². The lowest BCUT2D eigenvalue weighted by atomic mass is 9.86. The second-order valence-electron chi connectivity index (χ2n) is 6.14. The van der Waals surface area contributed by atoms with Crippen LogP contribution in [0, 0.1) is 0 Å². The van der Waals surface area contributed by atoms with E-state index < -0.39 is 0 Å². The first-order chi connectivity index (χ1) is 8.43. The van der Waals surface area contributed by atoms with Crippen LogP contribution in [-0.2, 0) is 11.8 Å². The Bertz CT molecular complexity index is 335. The number of rotatable bonds is 6. The summed E-state index contributed by atoms with van der Waals surface area (Å²) in [4.78, 5) is 2.35. The highest BCUT2D eigenvalue weighted by Crippen LogP contribution is 2.22. The molecule has 0 bridgehead atoms. The molecule has 0 aliphatic carbocycles. The monoisotopic (exact) mass is 248 g/mol. The van der Waals surface area contributed by atoms with Crippen LogP contribution in [0.25, 0.3) is 0 Å².